The molecule has 0 amide bonds. The molecule has 1 aromatic heterocycles. The van der Waals surface area contributed by atoms with Crippen LogP contribution in [0.4, 0.5) is 0 Å². The second kappa shape index (κ2) is 12.2. The molecule has 1 aliphatic rings. The molecule has 7 heteroatoms. The largest absolute Gasteiger partial charge is 0.354 e. The first kappa shape index (κ1) is 23.7. The van der Waals surface area contributed by atoms with E-state index in [1.54, 1.807) is 0 Å². The number of imidazole rings is 1. The van der Waals surface area contributed by atoms with E-state index in [1.807, 2.05) is 19.4 Å². The van der Waals surface area contributed by atoms with Crippen molar-refractivity contribution >= 4 is 29.9 Å². The fraction of sp³-hybridized carbons (Fsp3) is 0.545. The van der Waals surface area contributed by atoms with E-state index in [-0.39, 0.29) is 24.0 Å². The highest BCUT2D eigenvalue weighted by Crippen LogP contribution is 2.24. The van der Waals surface area contributed by atoms with Gasteiger partial charge in [-0.2, -0.15) is 0 Å². The molecule has 1 saturated heterocycles. The van der Waals surface area contributed by atoms with Crippen molar-refractivity contribution in [3.8, 4) is 0 Å². The van der Waals surface area contributed by atoms with Crippen LogP contribution in [0.25, 0.3) is 0 Å². The lowest BCUT2D eigenvalue weighted by Crippen LogP contribution is -2.42. The minimum Gasteiger partial charge on any atom is -0.354 e. The Labute approximate surface area is 192 Å². The standard InChI is InChI=1S/C22H34N6.HI/c1-18(2)17-28-14-11-24-21(28)16-26-22(23-3)25-15-20(27-12-7-8-13-27)19-9-5-4-6-10-19;/h4-6,9-11,14,18,20H,7-8,12-13,15-17H2,1-3H3,(H2,23,25,26);1H. The van der Waals surface area contributed by atoms with Crippen molar-refractivity contribution in [1.29, 1.82) is 0 Å². The summed E-state index contributed by atoms with van der Waals surface area (Å²) in [5, 5.41) is 6.95. The highest BCUT2D eigenvalue weighted by atomic mass is 127. The summed E-state index contributed by atoms with van der Waals surface area (Å²) in [6, 6.07) is 11.1. The summed E-state index contributed by atoms with van der Waals surface area (Å²) in [6.07, 6.45) is 6.49. The third kappa shape index (κ3) is 6.99. The highest BCUT2D eigenvalue weighted by molar-refractivity contribution is 14.0. The van der Waals surface area contributed by atoms with Crippen LogP contribution in [0.2, 0.25) is 0 Å². The van der Waals surface area contributed by atoms with Crippen LogP contribution in [0.1, 0.15) is 44.1 Å². The molecule has 1 aliphatic heterocycles. The molecule has 1 fully saturated rings. The Kier molecular flexibility index (Phi) is 9.93. The molecule has 0 aliphatic carbocycles. The molecular weight excluding hydrogens is 475 g/mol. The van der Waals surface area contributed by atoms with Gasteiger partial charge in [0.25, 0.3) is 0 Å². The molecule has 160 valence electrons. The second-order valence-electron chi connectivity index (χ2n) is 7.87. The summed E-state index contributed by atoms with van der Waals surface area (Å²) >= 11 is 0. The normalized spacial score (nSPS) is 15.9. The Bertz CT molecular complexity index is 737. The van der Waals surface area contributed by atoms with Crippen LogP contribution in [0.3, 0.4) is 0 Å². The molecule has 0 saturated carbocycles. The van der Waals surface area contributed by atoms with Crippen LogP contribution in [0, 0.1) is 5.92 Å². The number of benzene rings is 1. The Morgan fingerprint density at radius 3 is 2.52 bits per heavy atom. The minimum absolute atomic E-state index is 0. The number of hydrogen-bond acceptors (Lipinski definition) is 3. The Morgan fingerprint density at radius 1 is 1.14 bits per heavy atom. The third-order valence-corrected chi connectivity index (χ3v) is 5.23. The number of nitrogens with zero attached hydrogens (tertiary/aromatic N) is 4. The van der Waals surface area contributed by atoms with Gasteiger partial charge in [-0.1, -0.05) is 44.2 Å². The Hall–Kier alpha value is -1.61. The summed E-state index contributed by atoms with van der Waals surface area (Å²) in [4.78, 5) is 11.5. The summed E-state index contributed by atoms with van der Waals surface area (Å²) in [5.74, 6) is 2.45. The predicted octanol–water partition coefficient (Wildman–Crippen LogP) is 3.66. The summed E-state index contributed by atoms with van der Waals surface area (Å²) in [6.45, 7) is 9.26. The van der Waals surface area contributed by atoms with Crippen LogP contribution in [0.5, 0.6) is 0 Å². The van der Waals surface area contributed by atoms with Gasteiger partial charge in [0.2, 0.25) is 0 Å². The van der Waals surface area contributed by atoms with Crippen LogP contribution in [-0.4, -0.2) is 47.1 Å². The van der Waals surface area contributed by atoms with E-state index in [2.05, 4.69) is 74.3 Å². The molecule has 1 unspecified atom stereocenters. The van der Waals surface area contributed by atoms with Crippen LogP contribution in [0.15, 0.2) is 47.7 Å². The number of aromatic nitrogens is 2. The van der Waals surface area contributed by atoms with Gasteiger partial charge < -0.3 is 15.2 Å². The number of nitrogens with one attached hydrogen (secondary N) is 2. The number of halogens is 1. The molecule has 6 nitrogen and oxygen atoms in total. The zero-order valence-electron chi connectivity index (χ0n) is 17.8. The van der Waals surface area contributed by atoms with E-state index < -0.39 is 0 Å². The number of likely N-dealkylation sites (tertiary alicyclic amines) is 1. The molecule has 0 radical (unpaired) electrons. The zero-order valence-corrected chi connectivity index (χ0v) is 20.2. The smallest absolute Gasteiger partial charge is 0.191 e. The molecule has 1 atom stereocenters. The second-order valence-corrected chi connectivity index (χ2v) is 7.87. The van der Waals surface area contributed by atoms with Crippen molar-refractivity contribution in [2.24, 2.45) is 10.9 Å². The first-order valence-electron chi connectivity index (χ1n) is 10.4. The van der Waals surface area contributed by atoms with E-state index in [0.29, 0.717) is 18.5 Å². The van der Waals surface area contributed by atoms with Crippen molar-refractivity contribution in [1.82, 2.24) is 25.1 Å². The third-order valence-electron chi connectivity index (χ3n) is 5.23. The molecule has 29 heavy (non-hydrogen) atoms. The first-order chi connectivity index (χ1) is 13.7. The van der Waals surface area contributed by atoms with E-state index >= 15 is 0 Å². The number of rotatable bonds is 8. The molecular formula is C22H35IN6. The van der Waals surface area contributed by atoms with Crippen molar-refractivity contribution in [2.75, 3.05) is 26.7 Å². The number of aliphatic imine (C=N–C) groups is 1. The van der Waals surface area contributed by atoms with Crippen LogP contribution >= 0.6 is 24.0 Å². The van der Waals surface area contributed by atoms with Gasteiger partial charge in [0.1, 0.15) is 5.82 Å². The summed E-state index contributed by atoms with van der Waals surface area (Å²) < 4.78 is 2.21. The van der Waals surface area contributed by atoms with Crippen molar-refractivity contribution in [3.63, 3.8) is 0 Å². The SMILES string of the molecule is CN=C(NCc1nccn1CC(C)C)NCC(c1ccccc1)N1CCCC1.I. The fourth-order valence-corrected chi connectivity index (χ4v) is 3.83. The van der Waals surface area contributed by atoms with Gasteiger partial charge in [0.05, 0.1) is 12.6 Å². The average molecular weight is 510 g/mol. The number of hydrogen-bond donors (Lipinski definition) is 2. The maximum Gasteiger partial charge on any atom is 0.191 e. The minimum atomic E-state index is 0. The van der Waals surface area contributed by atoms with Gasteiger partial charge in [-0.15, -0.1) is 24.0 Å². The van der Waals surface area contributed by atoms with Gasteiger partial charge in [-0.25, -0.2) is 4.98 Å². The first-order valence-corrected chi connectivity index (χ1v) is 10.4. The van der Waals surface area contributed by atoms with Crippen LogP contribution < -0.4 is 10.6 Å². The number of guanidine groups is 1. The van der Waals surface area contributed by atoms with Crippen LogP contribution in [-0.2, 0) is 13.1 Å². The zero-order chi connectivity index (χ0) is 19.8. The summed E-state index contributed by atoms with van der Waals surface area (Å²) in [7, 11) is 1.82. The topological polar surface area (TPSA) is 57.5 Å². The molecule has 3 rings (SSSR count). The van der Waals surface area contributed by atoms with Crippen molar-refractivity contribution in [2.45, 2.75) is 45.8 Å². The van der Waals surface area contributed by atoms with Gasteiger partial charge in [-0.05, 0) is 37.4 Å². The Balaban J connectivity index is 0.00000300. The van der Waals surface area contributed by atoms with Crippen molar-refractivity contribution < 1.29 is 0 Å². The van der Waals surface area contributed by atoms with Gasteiger partial charge in [-0.3, -0.25) is 9.89 Å². The van der Waals surface area contributed by atoms with E-state index in [0.717, 1.165) is 24.9 Å². The van der Waals surface area contributed by atoms with E-state index in [4.69, 9.17) is 0 Å². The average Bonchev–Trinajstić information content (AvgIpc) is 3.37. The monoisotopic (exact) mass is 510 g/mol. The van der Waals surface area contributed by atoms with Gasteiger partial charge >= 0.3 is 0 Å². The van der Waals surface area contributed by atoms with Gasteiger partial charge in [0, 0.05) is 32.5 Å². The summed E-state index contributed by atoms with van der Waals surface area (Å²) in [5.41, 5.74) is 1.36. The maximum absolute atomic E-state index is 4.49. The molecule has 0 spiro atoms. The quantitative estimate of drug-likeness (QED) is 0.324. The van der Waals surface area contributed by atoms with Gasteiger partial charge in [0.15, 0.2) is 5.96 Å². The Morgan fingerprint density at radius 2 is 1.86 bits per heavy atom. The molecule has 2 N–H and O–H groups in total. The van der Waals surface area contributed by atoms with E-state index in [1.165, 1.54) is 31.5 Å². The predicted molar refractivity (Wildman–Crippen MR) is 131 cm³/mol. The molecule has 2 aromatic rings. The highest BCUT2D eigenvalue weighted by Gasteiger charge is 2.23. The lowest BCUT2D eigenvalue weighted by Gasteiger charge is -2.29. The fourth-order valence-electron chi connectivity index (χ4n) is 3.83. The van der Waals surface area contributed by atoms with E-state index in [9.17, 15) is 0 Å². The maximum atomic E-state index is 4.49. The van der Waals surface area contributed by atoms with Crippen molar-refractivity contribution in [3.05, 3.63) is 54.1 Å². The molecule has 2 heterocycles. The lowest BCUT2D eigenvalue weighted by molar-refractivity contribution is 0.245. The molecule has 1 aromatic carbocycles. The lowest BCUT2D eigenvalue weighted by atomic mass is 10.1. The molecule has 0 bridgehead atoms.